The fourth-order valence-electron chi connectivity index (χ4n) is 4.34. The topological polar surface area (TPSA) is 63.6 Å². The normalized spacial score (nSPS) is 13.2. The molecule has 0 saturated carbocycles. The molecule has 0 heterocycles. The summed E-state index contributed by atoms with van der Waals surface area (Å²) in [4.78, 5) is 0. The van der Waals surface area contributed by atoms with Crippen LogP contribution in [-0.4, -0.2) is 19.6 Å². The average Bonchev–Trinajstić information content (AvgIpc) is 2.78. The molecule has 0 aliphatic rings. The van der Waals surface area contributed by atoms with Gasteiger partial charge >= 0.3 is 10.4 Å². The standard InChI is InChI=1S/C28H56O4S/c1-3-5-7-9-11-13-14-15-16-18-20-22-24-26-28(27-32-33(29,30)31)25-23-21-19-17-12-10-8-6-4-2/h24,26,28H,3-23,25,27H2,1-2H3,(H,29,30,31)/b26-24+. The second-order valence-corrected chi connectivity index (χ2v) is 10.9. The van der Waals surface area contributed by atoms with Crippen LogP contribution in [0.3, 0.4) is 0 Å². The predicted octanol–water partition coefficient (Wildman–Crippen LogP) is 9.60. The van der Waals surface area contributed by atoms with Crippen LogP contribution >= 0.6 is 0 Å². The summed E-state index contributed by atoms with van der Waals surface area (Å²) in [5, 5.41) is 0. The van der Waals surface area contributed by atoms with Gasteiger partial charge in [0.2, 0.25) is 0 Å². The number of hydrogen-bond acceptors (Lipinski definition) is 3. The molecule has 0 radical (unpaired) electrons. The third kappa shape index (κ3) is 27.7. The number of allylic oxidation sites excluding steroid dienone is 1. The van der Waals surface area contributed by atoms with Crippen molar-refractivity contribution >= 4 is 10.4 Å². The van der Waals surface area contributed by atoms with E-state index >= 15 is 0 Å². The summed E-state index contributed by atoms with van der Waals surface area (Å²) in [5.41, 5.74) is 0. The molecule has 0 saturated heterocycles. The molecule has 0 aromatic rings. The summed E-state index contributed by atoms with van der Waals surface area (Å²) in [6.07, 6.45) is 32.5. The Kier molecular flexibility index (Phi) is 24.4. The first-order chi connectivity index (χ1) is 16.0. The summed E-state index contributed by atoms with van der Waals surface area (Å²) < 4.78 is 35.5. The minimum Gasteiger partial charge on any atom is -0.264 e. The van der Waals surface area contributed by atoms with Crippen molar-refractivity contribution < 1.29 is 17.2 Å². The highest BCUT2D eigenvalue weighted by atomic mass is 32.3. The second kappa shape index (κ2) is 24.7. The molecular formula is C28H56O4S. The monoisotopic (exact) mass is 488 g/mol. The van der Waals surface area contributed by atoms with Gasteiger partial charge in [0.1, 0.15) is 0 Å². The van der Waals surface area contributed by atoms with Gasteiger partial charge in [-0.05, 0) is 19.3 Å². The van der Waals surface area contributed by atoms with E-state index in [9.17, 15) is 8.42 Å². The van der Waals surface area contributed by atoms with E-state index in [1.165, 1.54) is 122 Å². The van der Waals surface area contributed by atoms with Crippen LogP contribution in [0.15, 0.2) is 12.2 Å². The Hall–Kier alpha value is -0.390. The molecule has 0 aromatic carbocycles. The van der Waals surface area contributed by atoms with Crippen LogP contribution in [0.4, 0.5) is 0 Å². The van der Waals surface area contributed by atoms with Gasteiger partial charge in [-0.25, -0.2) is 4.18 Å². The lowest BCUT2D eigenvalue weighted by Gasteiger charge is -2.12. The molecule has 1 unspecified atom stereocenters. The maximum Gasteiger partial charge on any atom is 0.397 e. The smallest absolute Gasteiger partial charge is 0.264 e. The van der Waals surface area contributed by atoms with Gasteiger partial charge in [-0.3, -0.25) is 4.55 Å². The van der Waals surface area contributed by atoms with Crippen LogP contribution < -0.4 is 0 Å². The zero-order chi connectivity index (χ0) is 24.5. The van der Waals surface area contributed by atoms with Crippen molar-refractivity contribution in [1.82, 2.24) is 0 Å². The molecule has 0 aromatic heterocycles. The van der Waals surface area contributed by atoms with Crippen molar-refractivity contribution in [2.75, 3.05) is 6.61 Å². The van der Waals surface area contributed by atoms with Crippen molar-refractivity contribution in [3.8, 4) is 0 Å². The first-order valence-electron chi connectivity index (χ1n) is 14.3. The Bertz CT molecular complexity index is 516. The van der Waals surface area contributed by atoms with Crippen LogP contribution in [0, 0.1) is 5.92 Å². The molecule has 1 atom stereocenters. The van der Waals surface area contributed by atoms with E-state index in [-0.39, 0.29) is 12.5 Å². The van der Waals surface area contributed by atoms with Crippen molar-refractivity contribution in [3.05, 3.63) is 12.2 Å². The van der Waals surface area contributed by atoms with Gasteiger partial charge in [-0.2, -0.15) is 8.42 Å². The lowest BCUT2D eigenvalue weighted by Crippen LogP contribution is -2.12. The molecule has 33 heavy (non-hydrogen) atoms. The van der Waals surface area contributed by atoms with Crippen LogP contribution in [0.25, 0.3) is 0 Å². The van der Waals surface area contributed by atoms with Crippen molar-refractivity contribution in [3.63, 3.8) is 0 Å². The Balaban J connectivity index is 3.85. The molecule has 4 nitrogen and oxygen atoms in total. The van der Waals surface area contributed by atoms with Crippen molar-refractivity contribution in [2.45, 2.75) is 155 Å². The summed E-state index contributed by atoms with van der Waals surface area (Å²) >= 11 is 0. The summed E-state index contributed by atoms with van der Waals surface area (Å²) in [6.45, 7) is 4.56. The van der Waals surface area contributed by atoms with E-state index < -0.39 is 10.4 Å². The Morgan fingerprint density at radius 3 is 1.45 bits per heavy atom. The van der Waals surface area contributed by atoms with Crippen LogP contribution in [0.2, 0.25) is 0 Å². The molecule has 198 valence electrons. The predicted molar refractivity (Wildman–Crippen MR) is 143 cm³/mol. The third-order valence-electron chi connectivity index (χ3n) is 6.49. The largest absolute Gasteiger partial charge is 0.397 e. The van der Waals surface area contributed by atoms with E-state index in [0.717, 1.165) is 19.3 Å². The zero-order valence-corrected chi connectivity index (χ0v) is 22.9. The third-order valence-corrected chi connectivity index (χ3v) is 6.93. The van der Waals surface area contributed by atoms with Gasteiger partial charge in [0.05, 0.1) is 6.61 Å². The lowest BCUT2D eigenvalue weighted by atomic mass is 9.99. The highest BCUT2D eigenvalue weighted by Crippen LogP contribution is 2.17. The van der Waals surface area contributed by atoms with Gasteiger partial charge in [-0.1, -0.05) is 148 Å². The Labute approximate surface area is 207 Å². The van der Waals surface area contributed by atoms with Gasteiger partial charge in [0.25, 0.3) is 0 Å². The zero-order valence-electron chi connectivity index (χ0n) is 22.1. The maximum atomic E-state index is 11.0. The number of unbranched alkanes of at least 4 members (excludes halogenated alkanes) is 19. The van der Waals surface area contributed by atoms with Crippen LogP contribution in [0.1, 0.15) is 155 Å². The highest BCUT2D eigenvalue weighted by Gasteiger charge is 2.11. The average molecular weight is 489 g/mol. The lowest BCUT2D eigenvalue weighted by molar-refractivity contribution is 0.234. The molecule has 1 N–H and O–H groups in total. The van der Waals surface area contributed by atoms with Gasteiger partial charge in [0, 0.05) is 5.92 Å². The number of hydrogen-bond donors (Lipinski definition) is 1. The minimum absolute atomic E-state index is 0.0462. The van der Waals surface area contributed by atoms with Gasteiger partial charge in [-0.15, -0.1) is 0 Å². The Morgan fingerprint density at radius 1 is 0.636 bits per heavy atom. The molecule has 0 aliphatic carbocycles. The molecule has 0 bridgehead atoms. The molecule has 0 aliphatic heterocycles. The SMILES string of the molecule is CCCCCCCCCCCCC/C=C/C(CCCCCCCCCCC)COS(=O)(=O)O. The van der Waals surface area contributed by atoms with E-state index in [0.29, 0.717) is 0 Å². The molecule has 0 fully saturated rings. The van der Waals surface area contributed by atoms with Crippen LogP contribution in [-0.2, 0) is 14.6 Å². The molecule has 0 rings (SSSR count). The van der Waals surface area contributed by atoms with Crippen molar-refractivity contribution in [2.24, 2.45) is 5.92 Å². The maximum absolute atomic E-state index is 11.0. The summed E-state index contributed by atoms with van der Waals surface area (Å²) in [7, 11) is -4.36. The fourth-order valence-corrected chi connectivity index (χ4v) is 4.69. The first-order valence-corrected chi connectivity index (χ1v) is 15.6. The van der Waals surface area contributed by atoms with Crippen molar-refractivity contribution in [1.29, 1.82) is 0 Å². The van der Waals surface area contributed by atoms with Gasteiger partial charge < -0.3 is 0 Å². The number of rotatable bonds is 26. The molecule has 0 spiro atoms. The van der Waals surface area contributed by atoms with Gasteiger partial charge in [0.15, 0.2) is 0 Å². The fraction of sp³-hybridized carbons (Fsp3) is 0.929. The van der Waals surface area contributed by atoms with Crippen LogP contribution in [0.5, 0.6) is 0 Å². The summed E-state index contributed by atoms with van der Waals surface area (Å²) in [6, 6.07) is 0. The Morgan fingerprint density at radius 2 is 1.03 bits per heavy atom. The quantitative estimate of drug-likeness (QED) is 0.0747. The first kappa shape index (κ1) is 32.6. The molecule has 5 heteroatoms. The highest BCUT2D eigenvalue weighted by molar-refractivity contribution is 7.80. The van der Waals surface area contributed by atoms with E-state index in [1.807, 2.05) is 0 Å². The molecular weight excluding hydrogens is 432 g/mol. The van der Waals surface area contributed by atoms with E-state index in [4.69, 9.17) is 4.55 Å². The van der Waals surface area contributed by atoms with E-state index in [2.05, 4.69) is 30.2 Å². The van der Waals surface area contributed by atoms with E-state index in [1.54, 1.807) is 0 Å². The summed E-state index contributed by atoms with van der Waals surface area (Å²) in [5.74, 6) is 0.0594. The molecule has 0 amide bonds. The second-order valence-electron chi connectivity index (χ2n) is 9.84. The minimum atomic E-state index is -4.36.